The molecule has 21 heavy (non-hydrogen) atoms. The van der Waals surface area contributed by atoms with Crippen LogP contribution in [0, 0.1) is 6.92 Å². The molecule has 0 fully saturated rings. The van der Waals surface area contributed by atoms with Gasteiger partial charge in [0.2, 0.25) is 0 Å². The van der Waals surface area contributed by atoms with Crippen LogP contribution in [0.5, 0.6) is 0 Å². The van der Waals surface area contributed by atoms with Crippen molar-refractivity contribution in [3.63, 3.8) is 0 Å². The van der Waals surface area contributed by atoms with E-state index in [2.05, 4.69) is 15.3 Å². The van der Waals surface area contributed by atoms with Crippen LogP contribution in [0.15, 0.2) is 35.7 Å². The third kappa shape index (κ3) is 2.85. The molecule has 106 valence electrons. The number of anilines is 1. The molecule has 3 rings (SSSR count). The summed E-state index contributed by atoms with van der Waals surface area (Å²) in [5.41, 5.74) is 1.81. The van der Waals surface area contributed by atoms with Crippen molar-refractivity contribution < 1.29 is 9.90 Å². The second-order valence-electron chi connectivity index (χ2n) is 4.59. The van der Waals surface area contributed by atoms with E-state index in [0.29, 0.717) is 12.4 Å². The number of nitrogens with one attached hydrogen (secondary N) is 1. The zero-order chi connectivity index (χ0) is 14.8. The Labute approximate surface area is 125 Å². The first-order chi connectivity index (χ1) is 10.1. The van der Waals surface area contributed by atoms with Crippen LogP contribution in [0.3, 0.4) is 0 Å². The first kappa shape index (κ1) is 13.5. The molecule has 2 aromatic heterocycles. The van der Waals surface area contributed by atoms with Crippen LogP contribution in [0.1, 0.15) is 21.1 Å². The minimum Gasteiger partial charge on any atom is -0.478 e. The molecule has 0 saturated carbocycles. The molecular formula is C15H13N3O2S. The van der Waals surface area contributed by atoms with Crippen molar-refractivity contribution in [2.24, 2.45) is 0 Å². The van der Waals surface area contributed by atoms with Gasteiger partial charge in [-0.05, 0) is 19.1 Å². The second-order valence-corrected chi connectivity index (χ2v) is 5.66. The zero-order valence-corrected chi connectivity index (χ0v) is 12.1. The van der Waals surface area contributed by atoms with E-state index in [1.54, 1.807) is 17.4 Å². The quantitative estimate of drug-likeness (QED) is 0.773. The van der Waals surface area contributed by atoms with E-state index in [-0.39, 0.29) is 5.56 Å². The summed E-state index contributed by atoms with van der Waals surface area (Å²) in [6.07, 6.45) is 0. The molecule has 5 nitrogen and oxygen atoms in total. The molecule has 2 N–H and O–H groups in total. The van der Waals surface area contributed by atoms with Crippen LogP contribution in [0.25, 0.3) is 10.9 Å². The number of pyridine rings is 1. The van der Waals surface area contributed by atoms with E-state index in [0.717, 1.165) is 21.6 Å². The van der Waals surface area contributed by atoms with Crippen molar-refractivity contribution in [3.05, 3.63) is 52.0 Å². The summed E-state index contributed by atoms with van der Waals surface area (Å²) in [6.45, 7) is 2.39. The van der Waals surface area contributed by atoms with E-state index in [1.165, 1.54) is 0 Å². The molecule has 3 aromatic rings. The number of aromatic nitrogens is 2. The Morgan fingerprint density at radius 1 is 1.33 bits per heavy atom. The van der Waals surface area contributed by atoms with Crippen LogP contribution < -0.4 is 5.32 Å². The van der Waals surface area contributed by atoms with Crippen LogP contribution >= 0.6 is 11.3 Å². The smallest absolute Gasteiger partial charge is 0.339 e. The van der Waals surface area contributed by atoms with Gasteiger partial charge in [-0.15, -0.1) is 11.3 Å². The van der Waals surface area contributed by atoms with Gasteiger partial charge in [0.15, 0.2) is 0 Å². The molecule has 0 aliphatic rings. The maximum atomic E-state index is 11.4. The van der Waals surface area contributed by atoms with Crippen molar-refractivity contribution in [1.29, 1.82) is 0 Å². The number of carbonyl (C=O) groups is 1. The summed E-state index contributed by atoms with van der Waals surface area (Å²) in [4.78, 5) is 20.1. The molecule has 6 heteroatoms. The fourth-order valence-electron chi connectivity index (χ4n) is 2.08. The number of benzene rings is 1. The molecule has 0 aliphatic heterocycles. The van der Waals surface area contributed by atoms with Crippen molar-refractivity contribution in [1.82, 2.24) is 9.97 Å². The molecule has 0 aliphatic carbocycles. The van der Waals surface area contributed by atoms with Gasteiger partial charge in [0.05, 0.1) is 22.8 Å². The highest BCUT2D eigenvalue weighted by Gasteiger charge is 2.13. The number of carboxylic acid groups (broad SMARTS) is 1. The molecule has 0 bridgehead atoms. The van der Waals surface area contributed by atoms with E-state index >= 15 is 0 Å². The predicted molar refractivity (Wildman–Crippen MR) is 82.9 cm³/mol. The van der Waals surface area contributed by atoms with Crippen molar-refractivity contribution in [3.8, 4) is 0 Å². The Balaban J connectivity index is 1.95. The van der Waals surface area contributed by atoms with E-state index < -0.39 is 5.97 Å². The van der Waals surface area contributed by atoms with Crippen molar-refractivity contribution >= 4 is 34.0 Å². The predicted octanol–water partition coefficient (Wildman–Crippen LogP) is 3.31. The minimum absolute atomic E-state index is 0.167. The number of fused-ring (bicyclic) bond motifs is 1. The Hall–Kier alpha value is -2.47. The number of rotatable bonds is 4. The van der Waals surface area contributed by atoms with Gasteiger partial charge < -0.3 is 10.4 Å². The van der Waals surface area contributed by atoms with E-state index in [4.69, 9.17) is 0 Å². The number of carboxylic acids is 1. The highest BCUT2D eigenvalue weighted by molar-refractivity contribution is 7.09. The maximum absolute atomic E-state index is 11.4. The third-order valence-corrected chi connectivity index (χ3v) is 3.88. The normalized spacial score (nSPS) is 10.7. The van der Waals surface area contributed by atoms with Gasteiger partial charge in [0.25, 0.3) is 0 Å². The second kappa shape index (κ2) is 5.49. The lowest BCUT2D eigenvalue weighted by Gasteiger charge is -2.09. The van der Waals surface area contributed by atoms with Gasteiger partial charge >= 0.3 is 5.97 Å². The topological polar surface area (TPSA) is 75.1 Å². The molecule has 0 unspecified atom stereocenters. The Bertz CT molecular complexity index is 814. The first-order valence-electron chi connectivity index (χ1n) is 6.41. The van der Waals surface area contributed by atoms with Crippen LogP contribution in [-0.2, 0) is 6.54 Å². The molecule has 1 aromatic carbocycles. The van der Waals surface area contributed by atoms with Crippen LogP contribution in [0.2, 0.25) is 0 Å². The van der Waals surface area contributed by atoms with Gasteiger partial charge in [-0.3, -0.25) is 0 Å². The van der Waals surface area contributed by atoms with Crippen LogP contribution in [0.4, 0.5) is 5.82 Å². The molecule has 0 radical (unpaired) electrons. The average Bonchev–Trinajstić information content (AvgIpc) is 2.89. The van der Waals surface area contributed by atoms with E-state index in [9.17, 15) is 9.90 Å². The standard InChI is InChI=1S/C15H13N3O2S/c1-9-17-11(8-21-9)7-16-14-12(15(19)20)6-10-4-2-3-5-13(10)18-14/h2-6,8H,7H2,1H3,(H,16,18)(H,19,20). The number of aromatic carboxylic acids is 1. The highest BCUT2D eigenvalue weighted by atomic mass is 32.1. The van der Waals surface area contributed by atoms with Gasteiger partial charge in [0.1, 0.15) is 11.4 Å². The minimum atomic E-state index is -0.995. The molecule has 2 heterocycles. The summed E-state index contributed by atoms with van der Waals surface area (Å²) in [6, 6.07) is 9.09. The number of thiazole rings is 1. The van der Waals surface area contributed by atoms with E-state index in [1.807, 2.05) is 36.6 Å². The number of nitrogens with zero attached hydrogens (tertiary/aromatic N) is 2. The fraction of sp³-hybridized carbons (Fsp3) is 0.133. The lowest BCUT2D eigenvalue weighted by molar-refractivity contribution is 0.0697. The van der Waals surface area contributed by atoms with Crippen molar-refractivity contribution in [2.45, 2.75) is 13.5 Å². The first-order valence-corrected chi connectivity index (χ1v) is 7.29. The average molecular weight is 299 g/mol. The SMILES string of the molecule is Cc1nc(CNc2nc3ccccc3cc2C(=O)O)cs1. The summed E-state index contributed by atoms with van der Waals surface area (Å²) < 4.78 is 0. The monoisotopic (exact) mass is 299 g/mol. The highest BCUT2D eigenvalue weighted by Crippen LogP contribution is 2.21. The number of hydrogen-bond donors (Lipinski definition) is 2. The van der Waals surface area contributed by atoms with Crippen molar-refractivity contribution in [2.75, 3.05) is 5.32 Å². The molecular weight excluding hydrogens is 286 g/mol. The van der Waals surface area contributed by atoms with Gasteiger partial charge in [-0.2, -0.15) is 0 Å². The summed E-state index contributed by atoms with van der Waals surface area (Å²) in [7, 11) is 0. The lowest BCUT2D eigenvalue weighted by Crippen LogP contribution is -2.09. The molecule has 0 amide bonds. The van der Waals surface area contributed by atoms with Gasteiger partial charge in [-0.1, -0.05) is 18.2 Å². The Kier molecular flexibility index (Phi) is 3.53. The number of aryl methyl sites for hydroxylation is 1. The molecule has 0 atom stereocenters. The Morgan fingerprint density at radius 2 is 2.14 bits per heavy atom. The van der Waals surface area contributed by atoms with Crippen LogP contribution in [-0.4, -0.2) is 21.0 Å². The van der Waals surface area contributed by atoms with Gasteiger partial charge in [0, 0.05) is 10.8 Å². The Morgan fingerprint density at radius 3 is 2.86 bits per heavy atom. The largest absolute Gasteiger partial charge is 0.478 e. The fourth-order valence-corrected chi connectivity index (χ4v) is 2.69. The number of hydrogen-bond acceptors (Lipinski definition) is 5. The lowest BCUT2D eigenvalue weighted by atomic mass is 10.1. The van der Waals surface area contributed by atoms with Gasteiger partial charge in [-0.25, -0.2) is 14.8 Å². The summed E-state index contributed by atoms with van der Waals surface area (Å²) in [5.74, 6) is -0.628. The summed E-state index contributed by atoms with van der Waals surface area (Å²) in [5, 5.41) is 16.1. The molecule has 0 saturated heterocycles. The number of para-hydroxylation sites is 1. The molecule has 0 spiro atoms. The third-order valence-electron chi connectivity index (χ3n) is 3.06. The zero-order valence-electron chi connectivity index (χ0n) is 11.3. The maximum Gasteiger partial charge on any atom is 0.339 e. The summed E-state index contributed by atoms with van der Waals surface area (Å²) >= 11 is 1.56.